The van der Waals surface area contributed by atoms with E-state index in [0.717, 1.165) is 6.54 Å². The van der Waals surface area contributed by atoms with Crippen molar-refractivity contribution in [2.45, 2.75) is 13.3 Å². The van der Waals surface area contributed by atoms with Crippen molar-refractivity contribution in [2.75, 3.05) is 34.0 Å². The molecule has 0 aromatic rings. The van der Waals surface area contributed by atoms with Crippen molar-refractivity contribution in [1.29, 1.82) is 0 Å². The van der Waals surface area contributed by atoms with Gasteiger partial charge in [0.25, 0.3) is 0 Å². The predicted octanol–water partition coefficient (Wildman–Crippen LogP) is 0.522. The lowest BCUT2D eigenvalue weighted by Gasteiger charge is -2.28. The smallest absolute Gasteiger partial charge is 0.337 e. The Kier molecular flexibility index (Phi) is 5.42. The summed E-state index contributed by atoms with van der Waals surface area (Å²) in [4.78, 5) is 11.1. The molecule has 0 saturated heterocycles. The van der Waals surface area contributed by atoms with Gasteiger partial charge in [0.2, 0.25) is 6.73 Å². The lowest BCUT2D eigenvalue weighted by molar-refractivity contribution is -0.907. The van der Waals surface area contributed by atoms with Gasteiger partial charge >= 0.3 is 5.97 Å². The fourth-order valence-electron chi connectivity index (χ4n) is 0.920. The number of ether oxygens (including phenoxy) is 1. The van der Waals surface area contributed by atoms with Crippen LogP contribution in [-0.2, 0) is 9.53 Å². The minimum absolute atomic E-state index is 0.163. The van der Waals surface area contributed by atoms with Gasteiger partial charge in [0.15, 0.2) is 0 Å². The molecule has 0 unspecified atom stereocenters. The van der Waals surface area contributed by atoms with Gasteiger partial charge in [0, 0.05) is 18.6 Å². The molecule has 0 aromatic heterocycles. The molecular weight excluding hydrogens is 182 g/mol. The molecule has 0 fully saturated rings. The maximum absolute atomic E-state index is 11.1. The number of carbonyl (C=O) groups excluding carboxylic acids is 1. The highest BCUT2D eigenvalue weighted by Gasteiger charge is 2.16. The second-order valence-corrected chi connectivity index (χ2v) is 4.08. The van der Waals surface area contributed by atoms with E-state index in [4.69, 9.17) is 9.84 Å². The van der Waals surface area contributed by atoms with Crippen LogP contribution in [0, 0.1) is 0 Å². The zero-order chi connectivity index (χ0) is 11.2. The first-order chi connectivity index (χ1) is 6.39. The zero-order valence-electron chi connectivity index (χ0n) is 9.25. The van der Waals surface area contributed by atoms with Gasteiger partial charge in [-0.3, -0.25) is 4.48 Å². The second-order valence-electron chi connectivity index (χ2n) is 4.08. The van der Waals surface area contributed by atoms with E-state index in [1.165, 1.54) is 0 Å². The molecule has 0 heterocycles. The maximum atomic E-state index is 11.1. The predicted molar refractivity (Wildman–Crippen MR) is 54.5 cm³/mol. The molecule has 4 nitrogen and oxygen atoms in total. The van der Waals surface area contributed by atoms with E-state index in [9.17, 15) is 4.79 Å². The van der Waals surface area contributed by atoms with Crippen LogP contribution in [0.25, 0.3) is 0 Å². The van der Waals surface area contributed by atoms with Crippen molar-refractivity contribution in [3.63, 3.8) is 0 Å². The molecular formula is C10H20NO3+. The van der Waals surface area contributed by atoms with E-state index in [-0.39, 0.29) is 12.6 Å². The van der Waals surface area contributed by atoms with Crippen LogP contribution in [0.15, 0.2) is 12.2 Å². The van der Waals surface area contributed by atoms with E-state index in [1.54, 1.807) is 6.92 Å². The molecule has 0 aromatic carbocycles. The fraction of sp³-hybridized carbons (Fsp3) is 0.700. The normalized spacial score (nSPS) is 11.1. The monoisotopic (exact) mass is 202 g/mol. The van der Waals surface area contributed by atoms with Gasteiger partial charge < -0.3 is 9.84 Å². The summed E-state index contributed by atoms with van der Waals surface area (Å²) in [7, 11) is 3.89. The van der Waals surface area contributed by atoms with Crippen molar-refractivity contribution >= 4 is 5.97 Å². The number of rotatable bonds is 6. The number of aliphatic hydroxyl groups is 1. The molecule has 4 heteroatoms. The number of esters is 1. The molecule has 1 N–H and O–H groups in total. The molecule has 14 heavy (non-hydrogen) atoms. The van der Waals surface area contributed by atoms with Gasteiger partial charge in [0.1, 0.15) is 0 Å². The summed E-state index contributed by atoms with van der Waals surface area (Å²) < 4.78 is 5.57. The summed E-state index contributed by atoms with van der Waals surface area (Å²) >= 11 is 0. The lowest BCUT2D eigenvalue weighted by Crippen LogP contribution is -2.43. The third-order valence-corrected chi connectivity index (χ3v) is 1.82. The van der Waals surface area contributed by atoms with Gasteiger partial charge in [-0.2, -0.15) is 0 Å². The molecule has 0 rings (SSSR count). The average molecular weight is 202 g/mol. The number of nitrogens with zero attached hydrogens (tertiary/aromatic N) is 1. The standard InChI is InChI=1S/C10H20NO3/c1-9(2)10(13)14-8-11(3,4)6-5-7-12/h12H,1,5-8H2,2-4H3/q+1. The Morgan fingerprint density at radius 2 is 2.07 bits per heavy atom. The van der Waals surface area contributed by atoms with Crippen molar-refractivity contribution in [3.05, 3.63) is 12.2 Å². The first-order valence-corrected chi connectivity index (χ1v) is 4.64. The highest BCUT2D eigenvalue weighted by molar-refractivity contribution is 5.86. The molecule has 0 spiro atoms. The van der Waals surface area contributed by atoms with Gasteiger partial charge in [0.05, 0.1) is 20.6 Å². The van der Waals surface area contributed by atoms with Crippen LogP contribution in [-0.4, -0.2) is 49.5 Å². The SMILES string of the molecule is C=C(C)C(=O)OC[N+](C)(C)CCCO. The van der Waals surface area contributed by atoms with Gasteiger partial charge in [-0.05, 0) is 6.92 Å². The van der Waals surface area contributed by atoms with Crippen molar-refractivity contribution in [1.82, 2.24) is 0 Å². The van der Waals surface area contributed by atoms with Gasteiger partial charge in [-0.15, -0.1) is 0 Å². The summed E-state index contributed by atoms with van der Waals surface area (Å²) in [5.41, 5.74) is 0.409. The quantitative estimate of drug-likeness (QED) is 0.296. The third-order valence-electron chi connectivity index (χ3n) is 1.82. The number of carbonyl (C=O) groups is 1. The summed E-state index contributed by atoms with van der Waals surface area (Å²) in [5, 5.41) is 8.66. The minimum atomic E-state index is -0.361. The Morgan fingerprint density at radius 3 is 2.50 bits per heavy atom. The maximum Gasteiger partial charge on any atom is 0.337 e. The van der Waals surface area contributed by atoms with Crippen LogP contribution in [0.5, 0.6) is 0 Å². The van der Waals surface area contributed by atoms with Crippen molar-refractivity contribution in [3.8, 4) is 0 Å². The molecule has 0 aliphatic carbocycles. The summed E-state index contributed by atoms with van der Waals surface area (Å²) in [6, 6.07) is 0. The molecule has 0 amide bonds. The number of quaternary nitrogens is 1. The average Bonchev–Trinajstić information content (AvgIpc) is 2.11. The topological polar surface area (TPSA) is 46.5 Å². The molecule has 0 aliphatic rings. The largest absolute Gasteiger partial charge is 0.412 e. The lowest BCUT2D eigenvalue weighted by atomic mass is 10.4. The molecule has 0 atom stereocenters. The van der Waals surface area contributed by atoms with E-state index in [2.05, 4.69) is 6.58 Å². The van der Waals surface area contributed by atoms with Crippen LogP contribution in [0.2, 0.25) is 0 Å². The van der Waals surface area contributed by atoms with Crippen LogP contribution in [0.4, 0.5) is 0 Å². The van der Waals surface area contributed by atoms with E-state index in [0.29, 0.717) is 23.2 Å². The zero-order valence-corrected chi connectivity index (χ0v) is 9.25. The van der Waals surface area contributed by atoms with Gasteiger partial charge in [-0.25, -0.2) is 4.79 Å². The third kappa shape index (κ3) is 5.72. The highest BCUT2D eigenvalue weighted by Crippen LogP contribution is 2.01. The number of aliphatic hydroxyl groups excluding tert-OH is 1. The van der Waals surface area contributed by atoms with Crippen molar-refractivity contribution in [2.24, 2.45) is 0 Å². The van der Waals surface area contributed by atoms with E-state index < -0.39 is 0 Å². The molecule has 0 saturated carbocycles. The molecule has 0 aliphatic heterocycles. The molecule has 82 valence electrons. The van der Waals surface area contributed by atoms with E-state index in [1.807, 2.05) is 14.1 Å². The van der Waals surface area contributed by atoms with Crippen molar-refractivity contribution < 1.29 is 19.1 Å². The number of hydrogen-bond acceptors (Lipinski definition) is 3. The Labute approximate surface area is 85.4 Å². The minimum Gasteiger partial charge on any atom is -0.412 e. The van der Waals surface area contributed by atoms with E-state index >= 15 is 0 Å². The number of hydrogen-bond donors (Lipinski definition) is 1. The molecule has 0 bridgehead atoms. The molecule has 0 radical (unpaired) electrons. The fourth-order valence-corrected chi connectivity index (χ4v) is 0.920. The Morgan fingerprint density at radius 1 is 1.50 bits per heavy atom. The van der Waals surface area contributed by atoms with Crippen LogP contribution >= 0.6 is 0 Å². The highest BCUT2D eigenvalue weighted by atomic mass is 16.5. The Balaban J connectivity index is 3.86. The second kappa shape index (κ2) is 5.78. The van der Waals surface area contributed by atoms with Gasteiger partial charge in [-0.1, -0.05) is 6.58 Å². The summed E-state index contributed by atoms with van der Waals surface area (Å²) in [6.07, 6.45) is 0.706. The Bertz CT molecular complexity index is 211. The van der Waals surface area contributed by atoms with Crippen LogP contribution < -0.4 is 0 Å². The Hall–Kier alpha value is -0.870. The first kappa shape index (κ1) is 13.1. The summed E-state index contributed by atoms with van der Waals surface area (Å²) in [6.45, 7) is 6.37. The summed E-state index contributed by atoms with van der Waals surface area (Å²) in [5.74, 6) is -0.361. The first-order valence-electron chi connectivity index (χ1n) is 4.64. The van der Waals surface area contributed by atoms with Crippen LogP contribution in [0.3, 0.4) is 0 Å². The van der Waals surface area contributed by atoms with Crippen LogP contribution in [0.1, 0.15) is 13.3 Å².